The molecule has 6 nitrogen and oxygen atoms in total. The van der Waals surface area contributed by atoms with Gasteiger partial charge in [-0.1, -0.05) is 68.7 Å². The van der Waals surface area contributed by atoms with Crippen LogP contribution in [0.25, 0.3) is 11.1 Å². The predicted octanol–water partition coefficient (Wildman–Crippen LogP) is 7.35. The molecule has 3 aromatic carbocycles. The lowest BCUT2D eigenvalue weighted by molar-refractivity contribution is 0.0697. The van der Waals surface area contributed by atoms with Gasteiger partial charge in [0.15, 0.2) is 0 Å². The number of hydrogen-bond acceptors (Lipinski definition) is 3. The van der Waals surface area contributed by atoms with Crippen LogP contribution < -0.4 is 15.4 Å². The van der Waals surface area contributed by atoms with Crippen LogP contribution in [-0.4, -0.2) is 23.2 Å². The largest absolute Gasteiger partial charge is 0.488 e. The first kappa shape index (κ1) is 24.8. The maximum atomic E-state index is 12.8. The summed E-state index contributed by atoms with van der Waals surface area (Å²) in [6.07, 6.45) is 3.84. The van der Waals surface area contributed by atoms with Gasteiger partial charge in [-0.3, -0.25) is 0 Å². The number of carboxylic acids is 1. The number of benzene rings is 3. The van der Waals surface area contributed by atoms with E-state index in [1.165, 1.54) is 0 Å². The molecule has 0 aliphatic heterocycles. The first-order chi connectivity index (χ1) is 16.4. The summed E-state index contributed by atoms with van der Waals surface area (Å²) in [5.41, 5.74) is 3.71. The Labute approximate surface area is 201 Å². The maximum Gasteiger partial charge on any atom is 0.336 e. The number of carbonyl (C=O) groups is 2. The molecule has 0 heterocycles. The lowest BCUT2D eigenvalue weighted by Gasteiger charge is -2.21. The standard InChI is InChI=1S/C28H32N2O4/c1-4-8-22(9-5-2)34-26-17-14-20(23-10-6-7-11-24(23)27(31)32)18-25(26)30-28(33)29-21-15-12-19(3)13-16-21/h6-7,10-18,22H,4-5,8-9H2,1-3H3,(H,31,32)(H2,29,30,33). The number of anilines is 2. The van der Waals surface area contributed by atoms with Gasteiger partial charge in [0.25, 0.3) is 0 Å². The Morgan fingerprint density at radius 2 is 1.59 bits per heavy atom. The molecule has 3 aromatic rings. The molecule has 3 N–H and O–H groups in total. The smallest absolute Gasteiger partial charge is 0.336 e. The second-order valence-electron chi connectivity index (χ2n) is 8.32. The summed E-state index contributed by atoms with van der Waals surface area (Å²) in [5, 5.41) is 15.3. The van der Waals surface area contributed by atoms with E-state index in [9.17, 15) is 14.7 Å². The molecule has 6 heteroatoms. The van der Waals surface area contributed by atoms with Crippen molar-refractivity contribution in [1.82, 2.24) is 0 Å². The van der Waals surface area contributed by atoms with Crippen LogP contribution in [0.1, 0.15) is 55.5 Å². The van der Waals surface area contributed by atoms with E-state index in [2.05, 4.69) is 24.5 Å². The highest BCUT2D eigenvalue weighted by atomic mass is 16.5. The third-order valence-electron chi connectivity index (χ3n) is 5.52. The third-order valence-corrected chi connectivity index (χ3v) is 5.52. The van der Waals surface area contributed by atoms with Crippen molar-refractivity contribution in [2.45, 2.75) is 52.6 Å². The van der Waals surface area contributed by atoms with Crippen molar-refractivity contribution in [3.63, 3.8) is 0 Å². The zero-order chi connectivity index (χ0) is 24.5. The zero-order valence-electron chi connectivity index (χ0n) is 19.9. The molecule has 34 heavy (non-hydrogen) atoms. The van der Waals surface area contributed by atoms with Gasteiger partial charge in [-0.2, -0.15) is 0 Å². The Hall–Kier alpha value is -3.80. The van der Waals surface area contributed by atoms with Crippen molar-refractivity contribution in [3.05, 3.63) is 77.9 Å². The molecule has 0 atom stereocenters. The predicted molar refractivity (Wildman–Crippen MR) is 137 cm³/mol. The average Bonchev–Trinajstić information content (AvgIpc) is 2.82. The number of ether oxygens (including phenoxy) is 1. The minimum absolute atomic E-state index is 0.0351. The monoisotopic (exact) mass is 460 g/mol. The van der Waals surface area contributed by atoms with Crippen LogP contribution in [0.2, 0.25) is 0 Å². The molecular weight excluding hydrogens is 428 g/mol. The highest BCUT2D eigenvalue weighted by Crippen LogP contribution is 2.34. The summed E-state index contributed by atoms with van der Waals surface area (Å²) in [5.74, 6) is -0.448. The first-order valence-electron chi connectivity index (χ1n) is 11.7. The molecule has 0 saturated heterocycles. The van der Waals surface area contributed by atoms with Gasteiger partial charge in [-0.25, -0.2) is 9.59 Å². The van der Waals surface area contributed by atoms with Gasteiger partial charge in [0.2, 0.25) is 0 Å². The molecule has 0 aliphatic carbocycles. The lowest BCUT2D eigenvalue weighted by atomic mass is 9.99. The molecule has 0 saturated carbocycles. The summed E-state index contributed by atoms with van der Waals surface area (Å²) in [4.78, 5) is 24.5. The third kappa shape index (κ3) is 6.61. The number of carboxylic acid groups (broad SMARTS) is 1. The molecule has 0 bridgehead atoms. The van der Waals surface area contributed by atoms with Crippen molar-refractivity contribution in [3.8, 4) is 16.9 Å². The number of carbonyl (C=O) groups excluding carboxylic acids is 1. The fourth-order valence-corrected chi connectivity index (χ4v) is 3.83. The second-order valence-corrected chi connectivity index (χ2v) is 8.32. The molecule has 0 spiro atoms. The van der Waals surface area contributed by atoms with E-state index >= 15 is 0 Å². The fraction of sp³-hybridized carbons (Fsp3) is 0.286. The number of nitrogens with one attached hydrogen (secondary N) is 2. The number of aromatic carboxylic acids is 1. The van der Waals surface area contributed by atoms with Crippen molar-refractivity contribution < 1.29 is 19.4 Å². The highest BCUT2D eigenvalue weighted by Gasteiger charge is 2.17. The maximum absolute atomic E-state index is 12.8. The Morgan fingerprint density at radius 1 is 0.912 bits per heavy atom. The minimum Gasteiger partial charge on any atom is -0.488 e. The quantitative estimate of drug-likeness (QED) is 0.295. The molecule has 0 aliphatic rings. The number of amides is 2. The Morgan fingerprint density at radius 3 is 2.24 bits per heavy atom. The van der Waals surface area contributed by atoms with Crippen LogP contribution in [0.4, 0.5) is 16.2 Å². The molecule has 0 fully saturated rings. The SMILES string of the molecule is CCCC(CCC)Oc1ccc(-c2ccccc2C(=O)O)cc1NC(=O)Nc1ccc(C)cc1. The van der Waals surface area contributed by atoms with Crippen LogP contribution in [0.15, 0.2) is 66.7 Å². The van der Waals surface area contributed by atoms with E-state index in [0.717, 1.165) is 31.2 Å². The van der Waals surface area contributed by atoms with E-state index in [1.54, 1.807) is 36.4 Å². The van der Waals surface area contributed by atoms with Crippen LogP contribution in [0.5, 0.6) is 5.75 Å². The van der Waals surface area contributed by atoms with Crippen LogP contribution in [-0.2, 0) is 0 Å². The second kappa shape index (κ2) is 11.9. The number of hydrogen-bond donors (Lipinski definition) is 3. The van der Waals surface area contributed by atoms with Gasteiger partial charge in [0.05, 0.1) is 17.4 Å². The molecule has 0 unspecified atom stereocenters. The van der Waals surface area contributed by atoms with Crippen LogP contribution >= 0.6 is 0 Å². The van der Waals surface area contributed by atoms with Gasteiger partial charge >= 0.3 is 12.0 Å². The van der Waals surface area contributed by atoms with Crippen LogP contribution in [0.3, 0.4) is 0 Å². The van der Waals surface area contributed by atoms with E-state index in [-0.39, 0.29) is 11.7 Å². The first-order valence-corrected chi connectivity index (χ1v) is 11.7. The van der Waals surface area contributed by atoms with Gasteiger partial charge < -0.3 is 20.5 Å². The minimum atomic E-state index is -1.01. The Kier molecular flexibility index (Phi) is 8.68. The Bertz CT molecular complexity index is 1120. The normalized spacial score (nSPS) is 10.7. The van der Waals surface area contributed by atoms with Gasteiger partial charge in [0, 0.05) is 5.69 Å². The summed E-state index contributed by atoms with van der Waals surface area (Å²) in [6.45, 7) is 6.22. The fourth-order valence-electron chi connectivity index (χ4n) is 3.83. The molecule has 0 aromatic heterocycles. The Balaban J connectivity index is 1.94. The van der Waals surface area contributed by atoms with Gasteiger partial charge in [-0.15, -0.1) is 0 Å². The van der Waals surface area contributed by atoms with E-state index in [0.29, 0.717) is 28.3 Å². The molecule has 178 valence electrons. The van der Waals surface area contributed by atoms with Crippen molar-refractivity contribution >= 4 is 23.4 Å². The van der Waals surface area contributed by atoms with Crippen molar-refractivity contribution in [2.24, 2.45) is 0 Å². The van der Waals surface area contributed by atoms with E-state index < -0.39 is 12.0 Å². The summed E-state index contributed by atoms with van der Waals surface area (Å²) in [7, 11) is 0. The van der Waals surface area contributed by atoms with Gasteiger partial charge in [0.1, 0.15) is 5.75 Å². The van der Waals surface area contributed by atoms with Gasteiger partial charge in [-0.05, 0) is 61.2 Å². The molecule has 2 amide bonds. The van der Waals surface area contributed by atoms with E-state index in [4.69, 9.17) is 4.74 Å². The lowest BCUT2D eigenvalue weighted by Crippen LogP contribution is -2.21. The van der Waals surface area contributed by atoms with Crippen molar-refractivity contribution in [2.75, 3.05) is 10.6 Å². The number of urea groups is 1. The zero-order valence-corrected chi connectivity index (χ0v) is 19.9. The molecule has 0 radical (unpaired) electrons. The summed E-state index contributed by atoms with van der Waals surface area (Å²) in [6, 6.07) is 19.3. The average molecular weight is 461 g/mol. The summed E-state index contributed by atoms with van der Waals surface area (Å²) >= 11 is 0. The topological polar surface area (TPSA) is 87.7 Å². The molecular formula is C28H32N2O4. The summed E-state index contributed by atoms with van der Waals surface area (Å²) < 4.78 is 6.30. The molecule has 3 rings (SSSR count). The van der Waals surface area contributed by atoms with E-state index in [1.807, 2.05) is 37.3 Å². The van der Waals surface area contributed by atoms with Crippen LogP contribution in [0, 0.1) is 6.92 Å². The number of aryl methyl sites for hydroxylation is 1. The van der Waals surface area contributed by atoms with Crippen molar-refractivity contribution in [1.29, 1.82) is 0 Å². The highest BCUT2D eigenvalue weighted by molar-refractivity contribution is 6.02. The number of rotatable bonds is 10.